The second kappa shape index (κ2) is 2.12. The minimum absolute atomic E-state index is 0.0162. The van der Waals surface area contributed by atoms with Gasteiger partial charge in [-0.15, -0.1) is 0 Å². The number of pyridine rings is 1. The molecule has 1 aromatic heterocycles. The topological polar surface area (TPSA) is 36.1 Å². The monoisotopic (exact) mass is 150 g/mol. The molecule has 0 spiro atoms. The maximum atomic E-state index is 10.9. The lowest BCUT2D eigenvalue weighted by molar-refractivity contribution is 0.943. The van der Waals surface area contributed by atoms with E-state index in [-0.39, 0.29) is 5.56 Å². The number of anilines is 1. The highest BCUT2D eigenvalue weighted by Crippen LogP contribution is 2.21. The predicted molar refractivity (Wildman–Crippen MR) is 44.0 cm³/mol. The molecule has 11 heavy (non-hydrogen) atoms. The van der Waals surface area contributed by atoms with Crippen molar-refractivity contribution >= 4 is 5.82 Å². The standard InChI is InChI=1S/C8H10N2O/c1-10-5-4-6-2-3-7(11)9-8(6)10/h2-3H,4-5H2,1H3,(H,9,11). The van der Waals surface area contributed by atoms with Gasteiger partial charge < -0.3 is 9.88 Å². The summed E-state index contributed by atoms with van der Waals surface area (Å²) in [4.78, 5) is 15.8. The van der Waals surface area contributed by atoms with Crippen LogP contribution in [0.5, 0.6) is 0 Å². The maximum absolute atomic E-state index is 10.9. The summed E-state index contributed by atoms with van der Waals surface area (Å²) in [6.45, 7) is 1.01. The first-order valence-electron chi connectivity index (χ1n) is 3.71. The predicted octanol–water partition coefficient (Wildman–Crippen LogP) is 0.367. The first kappa shape index (κ1) is 6.46. The zero-order valence-corrected chi connectivity index (χ0v) is 6.42. The van der Waals surface area contributed by atoms with Crippen molar-refractivity contribution in [2.45, 2.75) is 6.42 Å². The molecule has 3 nitrogen and oxygen atoms in total. The molecule has 2 heterocycles. The number of aromatic nitrogens is 1. The average Bonchev–Trinajstić information content (AvgIpc) is 2.33. The van der Waals surface area contributed by atoms with Crippen LogP contribution in [-0.2, 0) is 6.42 Å². The fourth-order valence-corrected chi connectivity index (χ4v) is 1.44. The smallest absolute Gasteiger partial charge is 0.249 e. The Kier molecular flexibility index (Phi) is 1.24. The Balaban J connectivity index is 2.60. The summed E-state index contributed by atoms with van der Waals surface area (Å²) in [6, 6.07) is 3.48. The van der Waals surface area contributed by atoms with E-state index in [9.17, 15) is 4.79 Å². The van der Waals surface area contributed by atoms with Crippen LogP contribution in [-0.4, -0.2) is 18.6 Å². The lowest BCUT2D eigenvalue weighted by Gasteiger charge is -2.09. The molecule has 0 unspecified atom stereocenters. The van der Waals surface area contributed by atoms with Crippen LogP contribution in [0.3, 0.4) is 0 Å². The van der Waals surface area contributed by atoms with Crippen LogP contribution in [0, 0.1) is 0 Å². The van der Waals surface area contributed by atoms with Crippen molar-refractivity contribution in [2.24, 2.45) is 0 Å². The Bertz CT molecular complexity index is 329. The SMILES string of the molecule is CN1CCc2ccc(=O)[nH]c21. The number of rotatable bonds is 0. The highest BCUT2D eigenvalue weighted by Gasteiger charge is 2.15. The van der Waals surface area contributed by atoms with E-state index in [1.54, 1.807) is 6.07 Å². The molecule has 0 atom stereocenters. The van der Waals surface area contributed by atoms with Crippen molar-refractivity contribution in [3.8, 4) is 0 Å². The third-order valence-corrected chi connectivity index (χ3v) is 2.08. The number of fused-ring (bicyclic) bond motifs is 1. The molecule has 3 heteroatoms. The van der Waals surface area contributed by atoms with Crippen LogP contribution < -0.4 is 10.5 Å². The van der Waals surface area contributed by atoms with Crippen molar-refractivity contribution in [3.63, 3.8) is 0 Å². The van der Waals surface area contributed by atoms with Crippen LogP contribution in [0.2, 0.25) is 0 Å². The molecule has 0 bridgehead atoms. The second-order valence-corrected chi connectivity index (χ2v) is 2.87. The number of hydrogen-bond donors (Lipinski definition) is 1. The van der Waals surface area contributed by atoms with Crippen LogP contribution in [0.15, 0.2) is 16.9 Å². The lowest BCUT2D eigenvalue weighted by atomic mass is 10.2. The summed E-state index contributed by atoms with van der Waals surface area (Å²) in [5, 5.41) is 0. The van der Waals surface area contributed by atoms with Gasteiger partial charge in [-0.25, -0.2) is 0 Å². The van der Waals surface area contributed by atoms with Crippen molar-refractivity contribution in [3.05, 3.63) is 28.0 Å². The van der Waals surface area contributed by atoms with Crippen molar-refractivity contribution in [1.82, 2.24) is 4.98 Å². The first-order chi connectivity index (χ1) is 5.27. The molecule has 0 amide bonds. The summed E-state index contributed by atoms with van der Waals surface area (Å²) in [7, 11) is 1.99. The van der Waals surface area contributed by atoms with Crippen molar-refractivity contribution in [1.29, 1.82) is 0 Å². The summed E-state index contributed by atoms with van der Waals surface area (Å²) >= 11 is 0. The van der Waals surface area contributed by atoms with E-state index >= 15 is 0 Å². The van der Waals surface area contributed by atoms with Crippen LogP contribution in [0.4, 0.5) is 5.82 Å². The normalized spacial score (nSPS) is 15.2. The van der Waals surface area contributed by atoms with Gasteiger partial charge in [0.25, 0.3) is 0 Å². The molecule has 0 radical (unpaired) electrons. The van der Waals surface area contributed by atoms with E-state index in [0.29, 0.717) is 0 Å². The number of hydrogen-bond acceptors (Lipinski definition) is 2. The summed E-state index contributed by atoms with van der Waals surface area (Å²) in [6.07, 6.45) is 1.04. The Morgan fingerprint density at radius 1 is 1.55 bits per heavy atom. The molecular formula is C8H10N2O. The van der Waals surface area contributed by atoms with E-state index < -0.39 is 0 Å². The van der Waals surface area contributed by atoms with Gasteiger partial charge in [0.2, 0.25) is 5.56 Å². The van der Waals surface area contributed by atoms with Gasteiger partial charge in [0.05, 0.1) is 0 Å². The van der Waals surface area contributed by atoms with Gasteiger partial charge >= 0.3 is 0 Å². The van der Waals surface area contributed by atoms with Crippen molar-refractivity contribution < 1.29 is 0 Å². The largest absolute Gasteiger partial charge is 0.361 e. The molecule has 0 saturated carbocycles. The highest BCUT2D eigenvalue weighted by atomic mass is 16.1. The number of nitrogens with zero attached hydrogens (tertiary/aromatic N) is 1. The van der Waals surface area contributed by atoms with Gasteiger partial charge in [-0.05, 0) is 18.1 Å². The van der Waals surface area contributed by atoms with E-state index in [2.05, 4.69) is 9.88 Å². The van der Waals surface area contributed by atoms with Gasteiger partial charge in [0, 0.05) is 19.7 Å². The van der Waals surface area contributed by atoms with E-state index in [0.717, 1.165) is 18.8 Å². The molecular weight excluding hydrogens is 140 g/mol. The fraction of sp³-hybridized carbons (Fsp3) is 0.375. The summed E-state index contributed by atoms with van der Waals surface area (Å²) < 4.78 is 0. The van der Waals surface area contributed by atoms with Crippen LogP contribution in [0.25, 0.3) is 0 Å². The molecule has 0 aromatic carbocycles. The van der Waals surface area contributed by atoms with Gasteiger partial charge in [0.15, 0.2) is 0 Å². The van der Waals surface area contributed by atoms with Crippen LogP contribution in [0.1, 0.15) is 5.56 Å². The molecule has 2 rings (SSSR count). The zero-order valence-electron chi connectivity index (χ0n) is 6.42. The summed E-state index contributed by atoms with van der Waals surface area (Å²) in [5.74, 6) is 0.984. The molecule has 0 aliphatic carbocycles. The Hall–Kier alpha value is -1.25. The Labute approximate surface area is 64.7 Å². The number of H-pyrrole nitrogens is 1. The van der Waals surface area contributed by atoms with E-state index in [1.165, 1.54) is 5.56 Å². The fourth-order valence-electron chi connectivity index (χ4n) is 1.44. The maximum Gasteiger partial charge on any atom is 0.249 e. The number of nitrogens with one attached hydrogen (secondary N) is 1. The third kappa shape index (κ3) is 0.926. The quantitative estimate of drug-likeness (QED) is 0.580. The molecule has 58 valence electrons. The molecule has 1 N–H and O–H groups in total. The number of aromatic amines is 1. The average molecular weight is 150 g/mol. The Morgan fingerprint density at radius 2 is 2.36 bits per heavy atom. The molecule has 0 saturated heterocycles. The minimum Gasteiger partial charge on any atom is -0.361 e. The molecule has 1 aliphatic heterocycles. The van der Waals surface area contributed by atoms with E-state index in [4.69, 9.17) is 0 Å². The second-order valence-electron chi connectivity index (χ2n) is 2.87. The van der Waals surface area contributed by atoms with Crippen LogP contribution >= 0.6 is 0 Å². The van der Waals surface area contributed by atoms with Gasteiger partial charge in [0.1, 0.15) is 5.82 Å². The molecule has 0 fully saturated rings. The van der Waals surface area contributed by atoms with Gasteiger partial charge in [-0.2, -0.15) is 0 Å². The number of likely N-dealkylation sites (N-methyl/N-ethyl adjacent to an activating group) is 1. The summed E-state index contributed by atoms with van der Waals surface area (Å²) in [5.41, 5.74) is 1.23. The molecule has 1 aliphatic rings. The lowest BCUT2D eigenvalue weighted by Crippen LogP contribution is -2.16. The third-order valence-electron chi connectivity index (χ3n) is 2.08. The van der Waals surface area contributed by atoms with E-state index in [1.807, 2.05) is 13.1 Å². The highest BCUT2D eigenvalue weighted by molar-refractivity contribution is 5.50. The van der Waals surface area contributed by atoms with Crippen molar-refractivity contribution in [2.75, 3.05) is 18.5 Å². The zero-order chi connectivity index (χ0) is 7.84. The van der Waals surface area contributed by atoms with Gasteiger partial charge in [-0.1, -0.05) is 0 Å². The minimum atomic E-state index is -0.0162. The first-order valence-corrected chi connectivity index (χ1v) is 3.71. The van der Waals surface area contributed by atoms with Gasteiger partial charge in [-0.3, -0.25) is 4.79 Å². The molecule has 1 aromatic rings. The Morgan fingerprint density at radius 3 is 3.18 bits per heavy atom.